The number of nitrogens with two attached hydrogens (primary N) is 1. The molecule has 20 heavy (non-hydrogen) atoms. The molecule has 0 saturated carbocycles. The minimum Gasteiger partial charge on any atom is -0.461 e. The predicted octanol–water partition coefficient (Wildman–Crippen LogP) is 1.35. The summed E-state index contributed by atoms with van der Waals surface area (Å²) in [6, 6.07) is 0.243. The Kier molecular flexibility index (Phi) is 7.00. The number of nitrogens with zero attached hydrogens (tertiary/aromatic N) is 4. The first-order chi connectivity index (χ1) is 9.56. The van der Waals surface area contributed by atoms with E-state index >= 15 is 0 Å². The van der Waals surface area contributed by atoms with Crippen LogP contribution in [0.15, 0.2) is 0 Å². The fourth-order valence-corrected chi connectivity index (χ4v) is 1.58. The summed E-state index contributed by atoms with van der Waals surface area (Å²) >= 11 is 0. The van der Waals surface area contributed by atoms with Gasteiger partial charge in [-0.3, -0.25) is 0 Å². The first-order valence-corrected chi connectivity index (χ1v) is 7.03. The van der Waals surface area contributed by atoms with E-state index < -0.39 is 0 Å². The molecule has 0 spiro atoms. The molecule has 0 saturated heterocycles. The van der Waals surface area contributed by atoms with E-state index in [0.717, 1.165) is 13.1 Å². The Labute approximate surface area is 120 Å². The summed E-state index contributed by atoms with van der Waals surface area (Å²) in [5, 5.41) is 0. The number of aromatic nitrogens is 3. The highest BCUT2D eigenvalue weighted by molar-refractivity contribution is 5.35. The molecule has 1 heterocycles. The predicted molar refractivity (Wildman–Crippen MR) is 79.0 cm³/mol. The zero-order chi connectivity index (χ0) is 15.0. The molecule has 1 aromatic heterocycles. The zero-order valence-corrected chi connectivity index (χ0v) is 12.8. The van der Waals surface area contributed by atoms with Crippen molar-refractivity contribution in [2.24, 2.45) is 5.92 Å². The Bertz CT molecular complexity index is 396. The molecular weight excluding hydrogens is 258 g/mol. The largest absolute Gasteiger partial charge is 0.461 e. The molecule has 2 N–H and O–H groups in total. The molecule has 7 nitrogen and oxygen atoms in total. The van der Waals surface area contributed by atoms with E-state index in [1.165, 1.54) is 0 Å². The van der Waals surface area contributed by atoms with Crippen LogP contribution in [0, 0.1) is 5.92 Å². The second-order valence-corrected chi connectivity index (χ2v) is 4.77. The highest BCUT2D eigenvalue weighted by Gasteiger charge is 2.10. The van der Waals surface area contributed by atoms with E-state index in [4.69, 9.17) is 15.2 Å². The van der Waals surface area contributed by atoms with Gasteiger partial charge in [-0.15, -0.1) is 0 Å². The van der Waals surface area contributed by atoms with Gasteiger partial charge < -0.3 is 20.1 Å². The first-order valence-electron chi connectivity index (χ1n) is 7.03. The molecule has 0 unspecified atom stereocenters. The summed E-state index contributed by atoms with van der Waals surface area (Å²) < 4.78 is 10.9. The van der Waals surface area contributed by atoms with Crippen molar-refractivity contribution in [3.63, 3.8) is 0 Å². The van der Waals surface area contributed by atoms with E-state index in [0.29, 0.717) is 31.7 Å². The van der Waals surface area contributed by atoms with Gasteiger partial charge in [0.25, 0.3) is 0 Å². The average Bonchev–Trinajstić information content (AvgIpc) is 2.39. The Morgan fingerprint density at radius 3 is 2.40 bits per heavy atom. The van der Waals surface area contributed by atoms with Crippen molar-refractivity contribution in [1.82, 2.24) is 15.0 Å². The normalized spacial score (nSPS) is 10.8. The van der Waals surface area contributed by atoms with Gasteiger partial charge in [0.1, 0.15) is 6.61 Å². The molecule has 114 valence electrons. The maximum absolute atomic E-state index is 5.68. The molecule has 0 aliphatic heterocycles. The van der Waals surface area contributed by atoms with Gasteiger partial charge in [-0.2, -0.15) is 15.0 Å². The number of nitrogen functional groups attached to an aromatic ring is 1. The number of hydrogen-bond donors (Lipinski definition) is 1. The number of hydrogen-bond acceptors (Lipinski definition) is 7. The molecule has 0 aliphatic rings. The Morgan fingerprint density at radius 1 is 1.10 bits per heavy atom. The van der Waals surface area contributed by atoms with Gasteiger partial charge >= 0.3 is 6.01 Å². The van der Waals surface area contributed by atoms with Crippen LogP contribution in [-0.4, -0.2) is 47.9 Å². The van der Waals surface area contributed by atoms with Crippen LogP contribution in [0.25, 0.3) is 0 Å². The molecule has 0 aromatic carbocycles. The van der Waals surface area contributed by atoms with Crippen molar-refractivity contribution in [3.8, 4) is 6.01 Å². The maximum atomic E-state index is 5.68. The van der Waals surface area contributed by atoms with Crippen LogP contribution >= 0.6 is 0 Å². The van der Waals surface area contributed by atoms with Crippen molar-refractivity contribution in [3.05, 3.63) is 0 Å². The molecular formula is C13H25N5O2. The summed E-state index contributed by atoms with van der Waals surface area (Å²) in [6.45, 7) is 11.5. The van der Waals surface area contributed by atoms with Crippen molar-refractivity contribution in [2.75, 3.05) is 43.5 Å². The smallest absolute Gasteiger partial charge is 0.323 e. The second kappa shape index (κ2) is 8.52. The quantitative estimate of drug-likeness (QED) is 0.684. The monoisotopic (exact) mass is 283 g/mol. The first kappa shape index (κ1) is 16.4. The molecule has 0 aliphatic carbocycles. The maximum Gasteiger partial charge on any atom is 0.323 e. The van der Waals surface area contributed by atoms with Gasteiger partial charge in [0.05, 0.1) is 6.61 Å². The Morgan fingerprint density at radius 2 is 1.80 bits per heavy atom. The molecule has 0 amide bonds. The summed E-state index contributed by atoms with van der Waals surface area (Å²) in [7, 11) is 0. The van der Waals surface area contributed by atoms with Crippen LogP contribution in [0.3, 0.4) is 0 Å². The number of rotatable bonds is 9. The molecule has 1 aromatic rings. The molecule has 0 atom stereocenters. The van der Waals surface area contributed by atoms with Crippen molar-refractivity contribution >= 4 is 11.9 Å². The lowest BCUT2D eigenvalue weighted by Gasteiger charge is -2.18. The van der Waals surface area contributed by atoms with E-state index in [1.54, 1.807) is 0 Å². The lowest BCUT2D eigenvalue weighted by Crippen LogP contribution is -2.25. The van der Waals surface area contributed by atoms with Gasteiger partial charge in [-0.25, -0.2) is 0 Å². The van der Waals surface area contributed by atoms with Crippen LogP contribution in [0.4, 0.5) is 11.9 Å². The van der Waals surface area contributed by atoms with Gasteiger partial charge in [-0.1, -0.05) is 13.8 Å². The third kappa shape index (κ3) is 5.56. The lowest BCUT2D eigenvalue weighted by molar-refractivity contribution is 0.0792. The van der Waals surface area contributed by atoms with Gasteiger partial charge in [-0.05, 0) is 19.8 Å². The fraction of sp³-hybridized carbons (Fsp3) is 0.769. The minimum atomic E-state index is 0.167. The summed E-state index contributed by atoms with van der Waals surface area (Å²) in [5.41, 5.74) is 5.68. The van der Waals surface area contributed by atoms with Crippen LogP contribution in [0.1, 0.15) is 27.7 Å². The lowest BCUT2D eigenvalue weighted by atomic mass is 10.2. The number of ether oxygens (including phenoxy) is 2. The molecule has 1 rings (SSSR count). The third-order valence-electron chi connectivity index (χ3n) is 2.58. The highest BCUT2D eigenvalue weighted by Crippen LogP contribution is 2.12. The van der Waals surface area contributed by atoms with Crippen LogP contribution in [0.2, 0.25) is 0 Å². The molecule has 0 bridgehead atoms. The van der Waals surface area contributed by atoms with Crippen molar-refractivity contribution < 1.29 is 9.47 Å². The van der Waals surface area contributed by atoms with Gasteiger partial charge in [0.15, 0.2) is 0 Å². The Balaban J connectivity index is 2.53. The van der Waals surface area contributed by atoms with E-state index in [2.05, 4.69) is 28.8 Å². The second-order valence-electron chi connectivity index (χ2n) is 4.77. The average molecular weight is 283 g/mol. The topological polar surface area (TPSA) is 86.4 Å². The van der Waals surface area contributed by atoms with E-state index in [9.17, 15) is 0 Å². The van der Waals surface area contributed by atoms with Crippen LogP contribution in [0.5, 0.6) is 6.01 Å². The summed E-state index contributed by atoms with van der Waals surface area (Å²) in [5.74, 6) is 1.22. The molecule has 0 radical (unpaired) electrons. The SMILES string of the molecule is CCN(CC)c1nc(N)nc(OCCOCC(C)C)n1. The Hall–Kier alpha value is -1.63. The van der Waals surface area contributed by atoms with Gasteiger partial charge in [0, 0.05) is 19.7 Å². The zero-order valence-electron chi connectivity index (χ0n) is 12.8. The van der Waals surface area contributed by atoms with Gasteiger partial charge in [0.2, 0.25) is 11.9 Å². The van der Waals surface area contributed by atoms with Crippen LogP contribution in [-0.2, 0) is 4.74 Å². The summed E-state index contributed by atoms with van der Waals surface area (Å²) in [4.78, 5) is 14.3. The fourth-order valence-electron chi connectivity index (χ4n) is 1.58. The van der Waals surface area contributed by atoms with Crippen molar-refractivity contribution in [1.29, 1.82) is 0 Å². The molecule has 7 heteroatoms. The highest BCUT2D eigenvalue weighted by atomic mass is 16.5. The number of anilines is 2. The van der Waals surface area contributed by atoms with E-state index in [1.807, 2.05) is 18.7 Å². The van der Waals surface area contributed by atoms with Crippen LogP contribution < -0.4 is 15.4 Å². The molecule has 0 fully saturated rings. The third-order valence-corrected chi connectivity index (χ3v) is 2.58. The standard InChI is InChI=1S/C13H25N5O2/c1-5-18(6-2)12-15-11(14)16-13(17-12)20-8-7-19-9-10(3)4/h10H,5-9H2,1-4H3,(H2,14,15,16,17). The summed E-state index contributed by atoms with van der Waals surface area (Å²) in [6.07, 6.45) is 0. The van der Waals surface area contributed by atoms with Crippen molar-refractivity contribution in [2.45, 2.75) is 27.7 Å². The van der Waals surface area contributed by atoms with E-state index in [-0.39, 0.29) is 12.0 Å². The minimum absolute atomic E-state index is 0.167.